The Morgan fingerprint density at radius 3 is 2.56 bits per heavy atom. The minimum absolute atomic E-state index is 0.00609. The van der Waals surface area contributed by atoms with Gasteiger partial charge < -0.3 is 10.2 Å². The Labute approximate surface area is 104 Å². The summed E-state index contributed by atoms with van der Waals surface area (Å²) >= 11 is 0. The number of phenolic OH excluding ortho intramolecular Hbond substituents is 2. The summed E-state index contributed by atoms with van der Waals surface area (Å²) in [6, 6.07) is 7.33. The molecule has 2 aromatic rings. The van der Waals surface area contributed by atoms with Gasteiger partial charge in [0.25, 0.3) is 0 Å². The number of rotatable bonds is 3. The highest BCUT2D eigenvalue weighted by Gasteiger charge is 2.02. The fourth-order valence-electron chi connectivity index (χ4n) is 1.45. The van der Waals surface area contributed by atoms with Gasteiger partial charge in [-0.25, -0.2) is 0 Å². The summed E-state index contributed by atoms with van der Waals surface area (Å²) in [6.07, 6.45) is 5.86. The number of benzene rings is 1. The minimum Gasteiger partial charge on any atom is -0.508 e. The zero-order chi connectivity index (χ0) is 13.0. The molecule has 0 fully saturated rings. The average molecular weight is 241 g/mol. The lowest BCUT2D eigenvalue weighted by atomic mass is 10.1. The van der Waals surface area contributed by atoms with E-state index in [9.17, 15) is 15.0 Å². The van der Waals surface area contributed by atoms with Crippen LogP contribution in [0.2, 0.25) is 0 Å². The largest absolute Gasteiger partial charge is 0.508 e. The number of nitrogens with zero attached hydrogens (tertiary/aromatic N) is 1. The van der Waals surface area contributed by atoms with Crippen LogP contribution in [-0.4, -0.2) is 21.0 Å². The molecule has 2 N–H and O–H groups in total. The predicted molar refractivity (Wildman–Crippen MR) is 67.4 cm³/mol. The van der Waals surface area contributed by atoms with E-state index in [1.807, 2.05) is 0 Å². The molecule has 0 atom stereocenters. The van der Waals surface area contributed by atoms with Gasteiger partial charge >= 0.3 is 0 Å². The number of ketones is 1. The van der Waals surface area contributed by atoms with Crippen LogP contribution in [0.15, 0.2) is 48.8 Å². The topological polar surface area (TPSA) is 70.4 Å². The smallest absolute Gasteiger partial charge is 0.185 e. The number of aromatic nitrogens is 1. The van der Waals surface area contributed by atoms with Crippen LogP contribution in [0, 0.1) is 0 Å². The van der Waals surface area contributed by atoms with Gasteiger partial charge in [0.1, 0.15) is 11.5 Å². The van der Waals surface area contributed by atoms with Crippen LogP contribution in [0.4, 0.5) is 0 Å². The molecular formula is C14H11NO3. The van der Waals surface area contributed by atoms with Crippen LogP contribution in [0.5, 0.6) is 11.5 Å². The number of phenols is 2. The summed E-state index contributed by atoms with van der Waals surface area (Å²) in [5, 5.41) is 18.8. The highest BCUT2D eigenvalue weighted by Crippen LogP contribution is 2.23. The van der Waals surface area contributed by atoms with Crippen LogP contribution < -0.4 is 0 Å². The van der Waals surface area contributed by atoms with Crippen LogP contribution in [0.3, 0.4) is 0 Å². The molecule has 0 bridgehead atoms. The van der Waals surface area contributed by atoms with Gasteiger partial charge in [-0.05, 0) is 42.5 Å². The maximum absolute atomic E-state index is 11.8. The molecule has 0 spiro atoms. The Hall–Kier alpha value is -2.62. The van der Waals surface area contributed by atoms with E-state index >= 15 is 0 Å². The molecular weight excluding hydrogens is 230 g/mol. The van der Waals surface area contributed by atoms with Crippen LogP contribution in [0.1, 0.15) is 15.9 Å². The lowest BCUT2D eigenvalue weighted by Crippen LogP contribution is -1.93. The van der Waals surface area contributed by atoms with E-state index in [1.54, 1.807) is 12.1 Å². The van der Waals surface area contributed by atoms with Gasteiger partial charge in [-0.2, -0.15) is 0 Å². The van der Waals surface area contributed by atoms with Gasteiger partial charge in [0.2, 0.25) is 0 Å². The van der Waals surface area contributed by atoms with Gasteiger partial charge in [0.15, 0.2) is 5.78 Å². The zero-order valence-electron chi connectivity index (χ0n) is 9.45. The fraction of sp³-hybridized carbons (Fsp3) is 0. The second-order valence-corrected chi connectivity index (χ2v) is 3.68. The third kappa shape index (κ3) is 2.74. The Bertz CT molecular complexity index is 591. The van der Waals surface area contributed by atoms with Gasteiger partial charge in [0, 0.05) is 23.5 Å². The first-order valence-electron chi connectivity index (χ1n) is 5.31. The molecule has 18 heavy (non-hydrogen) atoms. The predicted octanol–water partition coefficient (Wildman–Crippen LogP) is 2.39. The first kappa shape index (κ1) is 11.9. The maximum atomic E-state index is 11.8. The lowest BCUT2D eigenvalue weighted by Gasteiger charge is -1.99. The van der Waals surface area contributed by atoms with Crippen molar-refractivity contribution in [2.75, 3.05) is 0 Å². The van der Waals surface area contributed by atoms with Crippen LogP contribution in [0.25, 0.3) is 6.08 Å². The summed E-state index contributed by atoms with van der Waals surface area (Å²) in [4.78, 5) is 15.6. The number of carbonyl (C=O) groups is 1. The quantitative estimate of drug-likeness (QED) is 0.491. The molecule has 0 unspecified atom stereocenters. The zero-order valence-corrected chi connectivity index (χ0v) is 9.45. The molecule has 1 heterocycles. The van der Waals surface area contributed by atoms with E-state index in [0.717, 1.165) is 0 Å². The maximum Gasteiger partial charge on any atom is 0.185 e. The molecule has 0 aliphatic rings. The standard InChI is InChI=1S/C14H11NO3/c16-12-2-4-14(18)11(9-12)1-3-13(17)10-5-7-15-8-6-10/h1-9,16,18H/b3-1+. The molecule has 1 aromatic heterocycles. The first-order chi connectivity index (χ1) is 8.66. The lowest BCUT2D eigenvalue weighted by molar-refractivity contribution is 0.104. The van der Waals surface area contributed by atoms with Gasteiger partial charge in [-0.3, -0.25) is 9.78 Å². The van der Waals surface area contributed by atoms with E-state index in [1.165, 1.54) is 42.7 Å². The average Bonchev–Trinajstić information content (AvgIpc) is 2.40. The highest BCUT2D eigenvalue weighted by molar-refractivity contribution is 6.06. The van der Waals surface area contributed by atoms with Crippen molar-refractivity contribution in [3.05, 3.63) is 59.9 Å². The highest BCUT2D eigenvalue weighted by atomic mass is 16.3. The molecule has 4 heteroatoms. The third-order valence-electron chi connectivity index (χ3n) is 2.39. The van der Waals surface area contributed by atoms with Crippen molar-refractivity contribution >= 4 is 11.9 Å². The molecule has 0 radical (unpaired) electrons. The Kier molecular flexibility index (Phi) is 3.38. The monoisotopic (exact) mass is 241 g/mol. The number of pyridine rings is 1. The Morgan fingerprint density at radius 1 is 1.11 bits per heavy atom. The second kappa shape index (κ2) is 5.14. The molecule has 2 rings (SSSR count). The van der Waals surface area contributed by atoms with Crippen LogP contribution >= 0.6 is 0 Å². The second-order valence-electron chi connectivity index (χ2n) is 3.68. The molecule has 0 amide bonds. The summed E-state index contributed by atoms with van der Waals surface area (Å²) in [6.45, 7) is 0. The molecule has 4 nitrogen and oxygen atoms in total. The molecule has 0 saturated heterocycles. The molecule has 0 saturated carbocycles. The Morgan fingerprint density at radius 2 is 1.83 bits per heavy atom. The molecule has 0 aliphatic heterocycles. The minimum atomic E-state index is -0.194. The van der Waals surface area contributed by atoms with Crippen molar-refractivity contribution in [2.45, 2.75) is 0 Å². The third-order valence-corrected chi connectivity index (χ3v) is 2.39. The summed E-state index contributed by atoms with van der Waals surface area (Å²) < 4.78 is 0. The van der Waals surface area contributed by atoms with Crippen molar-refractivity contribution in [1.29, 1.82) is 0 Å². The SMILES string of the molecule is O=C(/C=C/c1cc(O)ccc1O)c1ccncc1. The van der Waals surface area contributed by atoms with Gasteiger partial charge in [0.05, 0.1) is 0 Å². The summed E-state index contributed by atoms with van der Waals surface area (Å²) in [7, 11) is 0. The first-order valence-corrected chi connectivity index (χ1v) is 5.31. The van der Waals surface area contributed by atoms with Crippen LogP contribution in [-0.2, 0) is 0 Å². The van der Waals surface area contributed by atoms with Gasteiger partial charge in [-0.15, -0.1) is 0 Å². The number of aromatic hydroxyl groups is 2. The van der Waals surface area contributed by atoms with E-state index in [-0.39, 0.29) is 17.3 Å². The normalized spacial score (nSPS) is 10.7. The van der Waals surface area contributed by atoms with E-state index in [0.29, 0.717) is 11.1 Å². The van der Waals surface area contributed by atoms with Gasteiger partial charge in [-0.1, -0.05) is 0 Å². The summed E-state index contributed by atoms with van der Waals surface area (Å²) in [5.74, 6) is -0.157. The van der Waals surface area contributed by atoms with Crippen molar-refractivity contribution in [3.8, 4) is 11.5 Å². The van der Waals surface area contributed by atoms with E-state index in [2.05, 4.69) is 4.98 Å². The molecule has 1 aromatic carbocycles. The number of carbonyl (C=O) groups excluding carboxylic acids is 1. The fourth-order valence-corrected chi connectivity index (χ4v) is 1.45. The van der Waals surface area contributed by atoms with Crippen molar-refractivity contribution < 1.29 is 15.0 Å². The summed E-state index contributed by atoms with van der Waals surface area (Å²) in [5.41, 5.74) is 0.901. The van der Waals surface area contributed by atoms with Crippen molar-refractivity contribution in [3.63, 3.8) is 0 Å². The van der Waals surface area contributed by atoms with E-state index in [4.69, 9.17) is 0 Å². The van der Waals surface area contributed by atoms with E-state index < -0.39 is 0 Å². The molecule has 0 aliphatic carbocycles. The van der Waals surface area contributed by atoms with Crippen molar-refractivity contribution in [2.24, 2.45) is 0 Å². The number of hydrogen-bond acceptors (Lipinski definition) is 4. The number of hydrogen-bond donors (Lipinski definition) is 2. The number of allylic oxidation sites excluding steroid dienone is 1. The molecule has 90 valence electrons. The van der Waals surface area contributed by atoms with Crippen molar-refractivity contribution in [1.82, 2.24) is 4.98 Å². The Balaban J connectivity index is 2.21.